The summed E-state index contributed by atoms with van der Waals surface area (Å²) in [4.78, 5) is 16.1. The molecule has 2 N–H and O–H groups in total. The Kier molecular flexibility index (Phi) is 5.58. The lowest BCUT2D eigenvalue weighted by molar-refractivity contribution is -0.123. The van der Waals surface area contributed by atoms with Crippen molar-refractivity contribution >= 4 is 17.2 Å². The smallest absolute Gasteiger partial charge is 0.220 e. The van der Waals surface area contributed by atoms with Crippen molar-refractivity contribution in [1.82, 2.24) is 15.6 Å². The van der Waals surface area contributed by atoms with Crippen LogP contribution in [0, 0.1) is 0 Å². The van der Waals surface area contributed by atoms with E-state index in [0.717, 1.165) is 24.4 Å². The first-order valence-corrected chi connectivity index (χ1v) is 6.86. The molecule has 1 aromatic heterocycles. The van der Waals surface area contributed by atoms with Gasteiger partial charge in [-0.3, -0.25) is 4.79 Å². The largest absolute Gasteiger partial charge is 0.344 e. The van der Waals surface area contributed by atoms with E-state index in [1.165, 1.54) is 0 Å². The van der Waals surface area contributed by atoms with Crippen LogP contribution in [0.4, 0.5) is 0 Å². The van der Waals surface area contributed by atoms with Crippen molar-refractivity contribution in [2.75, 3.05) is 13.6 Å². The Morgan fingerprint density at radius 2 is 2.35 bits per heavy atom. The molecule has 1 heterocycles. The Morgan fingerprint density at radius 3 is 2.88 bits per heavy atom. The molecule has 4 nitrogen and oxygen atoms in total. The number of nitrogens with zero attached hydrogens (tertiary/aromatic N) is 1. The van der Waals surface area contributed by atoms with Crippen molar-refractivity contribution in [2.45, 2.75) is 38.6 Å². The van der Waals surface area contributed by atoms with Gasteiger partial charge in [-0.25, -0.2) is 4.98 Å². The molecule has 96 valence electrons. The second-order valence-electron chi connectivity index (χ2n) is 4.28. The zero-order valence-electron chi connectivity index (χ0n) is 10.7. The molecule has 1 atom stereocenters. The number of rotatable bonds is 7. The number of aromatic nitrogens is 1. The summed E-state index contributed by atoms with van der Waals surface area (Å²) in [5, 5.41) is 9.04. The number of hydrogen-bond donors (Lipinski definition) is 2. The fraction of sp³-hybridized carbons (Fsp3) is 0.667. The van der Waals surface area contributed by atoms with Gasteiger partial charge in [-0.2, -0.15) is 0 Å². The van der Waals surface area contributed by atoms with Gasteiger partial charge in [-0.15, -0.1) is 11.3 Å². The van der Waals surface area contributed by atoms with Crippen molar-refractivity contribution in [2.24, 2.45) is 0 Å². The number of hydrogen-bond acceptors (Lipinski definition) is 4. The molecule has 1 aromatic rings. The summed E-state index contributed by atoms with van der Waals surface area (Å²) >= 11 is 1.59. The predicted molar refractivity (Wildman–Crippen MR) is 71.1 cm³/mol. The summed E-state index contributed by atoms with van der Waals surface area (Å²) in [6.45, 7) is 4.96. The fourth-order valence-corrected chi connectivity index (χ4v) is 2.41. The van der Waals surface area contributed by atoms with Crippen LogP contribution < -0.4 is 10.6 Å². The second-order valence-corrected chi connectivity index (χ2v) is 5.17. The monoisotopic (exact) mass is 255 g/mol. The molecule has 5 heteroatoms. The topological polar surface area (TPSA) is 54.0 Å². The van der Waals surface area contributed by atoms with Crippen LogP contribution in [0.5, 0.6) is 0 Å². The molecule has 0 spiro atoms. The Balaban J connectivity index is 2.54. The van der Waals surface area contributed by atoms with Crippen LogP contribution in [0.3, 0.4) is 0 Å². The highest BCUT2D eigenvalue weighted by Crippen LogP contribution is 2.26. The third-order valence-corrected chi connectivity index (χ3v) is 3.89. The maximum atomic E-state index is 11.8. The summed E-state index contributed by atoms with van der Waals surface area (Å²) in [5.41, 5.74) is -0.328. The standard InChI is InChI=1S/C12H21N3OS/c1-4-12(2,11-14-8-9-17-11)15-10(16)6-5-7-13-3/h8-9,13H,4-7H2,1-3H3,(H,15,16). The van der Waals surface area contributed by atoms with E-state index >= 15 is 0 Å². The summed E-state index contributed by atoms with van der Waals surface area (Å²) < 4.78 is 0. The second kappa shape index (κ2) is 6.71. The van der Waals surface area contributed by atoms with Crippen molar-refractivity contribution in [1.29, 1.82) is 0 Å². The molecule has 0 aliphatic heterocycles. The van der Waals surface area contributed by atoms with Gasteiger partial charge in [-0.05, 0) is 33.4 Å². The van der Waals surface area contributed by atoms with Crippen molar-refractivity contribution in [3.8, 4) is 0 Å². The van der Waals surface area contributed by atoms with E-state index in [2.05, 4.69) is 22.5 Å². The molecule has 0 saturated carbocycles. The van der Waals surface area contributed by atoms with Crippen LogP contribution >= 0.6 is 11.3 Å². The van der Waals surface area contributed by atoms with Gasteiger partial charge in [0, 0.05) is 18.0 Å². The lowest BCUT2D eigenvalue weighted by Gasteiger charge is -2.27. The molecule has 0 aliphatic carbocycles. The third-order valence-electron chi connectivity index (χ3n) is 2.86. The van der Waals surface area contributed by atoms with E-state index in [4.69, 9.17) is 0 Å². The highest BCUT2D eigenvalue weighted by molar-refractivity contribution is 7.09. The fourth-order valence-electron chi connectivity index (χ4n) is 1.58. The molecule has 0 aliphatic rings. The van der Waals surface area contributed by atoms with Gasteiger partial charge in [-0.1, -0.05) is 6.92 Å². The summed E-state index contributed by atoms with van der Waals surface area (Å²) in [5.74, 6) is 0.0970. The van der Waals surface area contributed by atoms with Crippen LogP contribution in [0.2, 0.25) is 0 Å². The van der Waals surface area contributed by atoms with Crippen LogP contribution in [0.25, 0.3) is 0 Å². The Morgan fingerprint density at radius 1 is 1.59 bits per heavy atom. The van der Waals surface area contributed by atoms with Crippen LogP contribution in [0.1, 0.15) is 38.1 Å². The minimum atomic E-state index is -0.328. The van der Waals surface area contributed by atoms with E-state index in [-0.39, 0.29) is 11.4 Å². The zero-order valence-corrected chi connectivity index (χ0v) is 11.6. The average Bonchev–Trinajstić information content (AvgIpc) is 2.83. The maximum Gasteiger partial charge on any atom is 0.220 e. The first-order valence-electron chi connectivity index (χ1n) is 5.98. The van der Waals surface area contributed by atoms with Gasteiger partial charge in [0.2, 0.25) is 5.91 Å². The quantitative estimate of drug-likeness (QED) is 0.732. The molecule has 0 aromatic carbocycles. The van der Waals surface area contributed by atoms with E-state index in [9.17, 15) is 4.79 Å². The number of carbonyl (C=O) groups excluding carboxylic acids is 1. The van der Waals surface area contributed by atoms with Gasteiger partial charge >= 0.3 is 0 Å². The molecule has 1 unspecified atom stereocenters. The number of amides is 1. The van der Waals surface area contributed by atoms with E-state index < -0.39 is 0 Å². The van der Waals surface area contributed by atoms with Gasteiger partial charge in [0.25, 0.3) is 0 Å². The minimum Gasteiger partial charge on any atom is -0.344 e. The molecule has 1 rings (SSSR count). The SMILES string of the molecule is CCC(C)(NC(=O)CCCNC)c1nccs1. The summed E-state index contributed by atoms with van der Waals surface area (Å²) in [6.07, 6.45) is 4.04. The van der Waals surface area contributed by atoms with E-state index in [0.29, 0.717) is 6.42 Å². The third kappa shape index (κ3) is 4.09. The minimum absolute atomic E-state index is 0.0970. The Bertz CT molecular complexity index is 340. The first kappa shape index (κ1) is 14.1. The predicted octanol–water partition coefficient (Wildman–Crippen LogP) is 1.88. The maximum absolute atomic E-state index is 11.8. The van der Waals surface area contributed by atoms with Gasteiger partial charge in [0.1, 0.15) is 5.01 Å². The lowest BCUT2D eigenvalue weighted by Crippen LogP contribution is -2.43. The average molecular weight is 255 g/mol. The van der Waals surface area contributed by atoms with Gasteiger partial charge < -0.3 is 10.6 Å². The molecule has 0 bridgehead atoms. The molecule has 0 radical (unpaired) electrons. The molecule has 0 saturated heterocycles. The molecule has 17 heavy (non-hydrogen) atoms. The molecule has 0 fully saturated rings. The first-order chi connectivity index (χ1) is 8.12. The molecular formula is C12H21N3OS. The van der Waals surface area contributed by atoms with Gasteiger partial charge in [0.05, 0.1) is 5.54 Å². The summed E-state index contributed by atoms with van der Waals surface area (Å²) in [7, 11) is 1.89. The highest BCUT2D eigenvalue weighted by Gasteiger charge is 2.28. The highest BCUT2D eigenvalue weighted by atomic mass is 32.1. The normalized spacial score (nSPS) is 14.3. The lowest BCUT2D eigenvalue weighted by atomic mass is 9.99. The van der Waals surface area contributed by atoms with E-state index in [1.54, 1.807) is 17.5 Å². The zero-order chi connectivity index (χ0) is 12.7. The van der Waals surface area contributed by atoms with Crippen LogP contribution in [0.15, 0.2) is 11.6 Å². The van der Waals surface area contributed by atoms with Crippen molar-refractivity contribution < 1.29 is 4.79 Å². The van der Waals surface area contributed by atoms with Crippen LogP contribution in [-0.4, -0.2) is 24.5 Å². The summed E-state index contributed by atoms with van der Waals surface area (Å²) in [6, 6.07) is 0. The number of nitrogens with one attached hydrogen (secondary N) is 2. The van der Waals surface area contributed by atoms with Crippen LogP contribution in [-0.2, 0) is 10.3 Å². The number of thiazole rings is 1. The van der Waals surface area contributed by atoms with E-state index in [1.807, 2.05) is 19.4 Å². The molecule has 1 amide bonds. The van der Waals surface area contributed by atoms with Gasteiger partial charge in [0.15, 0.2) is 0 Å². The molecular weight excluding hydrogens is 234 g/mol. The Labute approximate surface area is 107 Å². The van der Waals surface area contributed by atoms with Crippen molar-refractivity contribution in [3.05, 3.63) is 16.6 Å². The number of carbonyl (C=O) groups is 1. The van der Waals surface area contributed by atoms with Crippen molar-refractivity contribution in [3.63, 3.8) is 0 Å². The Hall–Kier alpha value is -0.940.